The highest BCUT2D eigenvalue weighted by Gasteiger charge is 2.17. The normalized spacial score (nSPS) is 9.54. The summed E-state index contributed by atoms with van der Waals surface area (Å²) in [6, 6.07) is 6.15. The van der Waals surface area contributed by atoms with E-state index in [-0.39, 0.29) is 22.7 Å². The van der Waals surface area contributed by atoms with Gasteiger partial charge in [0.05, 0.1) is 31.8 Å². The fraction of sp³-hybridized carbons (Fsp3) is 0. The Morgan fingerprint density at radius 3 is 1.12 bits per heavy atom. The van der Waals surface area contributed by atoms with E-state index in [1.165, 1.54) is 0 Å². The van der Waals surface area contributed by atoms with Gasteiger partial charge < -0.3 is 11.5 Å². The van der Waals surface area contributed by atoms with Crippen LogP contribution in [0, 0.1) is 40.5 Å². The summed E-state index contributed by atoms with van der Waals surface area (Å²) >= 11 is 0. The van der Waals surface area contributed by atoms with Crippen LogP contribution in [0.25, 0.3) is 0 Å². The number of anilines is 2. The zero-order valence-corrected chi connectivity index (χ0v) is 12.7. The Balaban J connectivity index is 0.000000260. The Hall–Kier alpha value is -4.36. The Bertz CT molecular complexity index is 826. The van der Waals surface area contributed by atoms with Gasteiger partial charge in [-0.1, -0.05) is 0 Å². The number of nitro benzene ring substituents is 4. The van der Waals surface area contributed by atoms with Gasteiger partial charge in [-0.2, -0.15) is 0 Å². The Kier molecular flexibility index (Phi) is 6.02. The number of nitrogens with two attached hydrogens (primary N) is 2. The lowest BCUT2D eigenvalue weighted by Crippen LogP contribution is -1.97. The second-order valence-electron chi connectivity index (χ2n) is 4.51. The van der Waals surface area contributed by atoms with Gasteiger partial charge in [0.15, 0.2) is 0 Å². The molecule has 4 N–H and O–H groups in total. The predicted octanol–water partition coefficient (Wildman–Crippen LogP) is 2.17. The van der Waals surface area contributed by atoms with E-state index in [2.05, 4.69) is 0 Å². The molecule has 0 fully saturated rings. The van der Waals surface area contributed by atoms with Crippen molar-refractivity contribution >= 4 is 34.1 Å². The first-order valence-corrected chi connectivity index (χ1v) is 6.41. The molecule has 14 heteroatoms. The third-order valence-electron chi connectivity index (χ3n) is 2.84. The second-order valence-corrected chi connectivity index (χ2v) is 4.51. The van der Waals surface area contributed by atoms with E-state index in [4.69, 9.17) is 11.5 Å². The van der Waals surface area contributed by atoms with E-state index < -0.39 is 31.1 Å². The Morgan fingerprint density at radius 2 is 0.885 bits per heavy atom. The summed E-state index contributed by atoms with van der Waals surface area (Å²) in [5.74, 6) is 0. The zero-order chi connectivity index (χ0) is 20.0. The lowest BCUT2D eigenvalue weighted by Gasteiger charge is -1.95. The van der Waals surface area contributed by atoms with Crippen molar-refractivity contribution in [2.45, 2.75) is 0 Å². The van der Waals surface area contributed by atoms with Crippen LogP contribution in [0.5, 0.6) is 0 Å². The van der Waals surface area contributed by atoms with Gasteiger partial charge in [0.1, 0.15) is 11.4 Å². The molecule has 0 saturated heterocycles. The van der Waals surface area contributed by atoms with E-state index in [0.717, 1.165) is 36.4 Å². The van der Waals surface area contributed by atoms with Crippen molar-refractivity contribution < 1.29 is 19.7 Å². The SMILES string of the molecule is Nc1ccc([N+](=O)[O-])cc1[N+](=O)[O-].Nc1ccc([N+](=O)[O-])cc1[N+](=O)[O-]. The van der Waals surface area contributed by atoms with Crippen LogP contribution in [0.4, 0.5) is 34.1 Å². The number of hydrogen-bond donors (Lipinski definition) is 2. The third-order valence-corrected chi connectivity index (χ3v) is 2.84. The molecule has 26 heavy (non-hydrogen) atoms. The maximum absolute atomic E-state index is 10.3. The number of nitrogens with zero attached hydrogens (tertiary/aromatic N) is 4. The van der Waals surface area contributed by atoms with Gasteiger partial charge in [-0.15, -0.1) is 0 Å². The van der Waals surface area contributed by atoms with Gasteiger partial charge in [-0.25, -0.2) is 0 Å². The minimum absolute atomic E-state index is 0.0874. The molecule has 0 amide bonds. The summed E-state index contributed by atoms with van der Waals surface area (Å²) in [7, 11) is 0. The predicted molar refractivity (Wildman–Crippen MR) is 88.3 cm³/mol. The van der Waals surface area contributed by atoms with E-state index in [1.54, 1.807) is 0 Å². The fourth-order valence-electron chi connectivity index (χ4n) is 1.61. The number of hydrogen-bond acceptors (Lipinski definition) is 10. The first kappa shape index (κ1) is 19.7. The van der Waals surface area contributed by atoms with Crippen LogP contribution in [0.2, 0.25) is 0 Å². The van der Waals surface area contributed by atoms with Crippen molar-refractivity contribution in [2.75, 3.05) is 11.5 Å². The summed E-state index contributed by atoms with van der Waals surface area (Å²) < 4.78 is 0. The summed E-state index contributed by atoms with van der Waals surface area (Å²) in [4.78, 5) is 38.1. The van der Waals surface area contributed by atoms with E-state index in [9.17, 15) is 40.5 Å². The molecule has 0 spiro atoms. The van der Waals surface area contributed by atoms with Crippen LogP contribution in [0.3, 0.4) is 0 Å². The van der Waals surface area contributed by atoms with E-state index in [0.29, 0.717) is 0 Å². The minimum Gasteiger partial charge on any atom is -0.393 e. The zero-order valence-electron chi connectivity index (χ0n) is 12.7. The number of nitro groups is 4. The summed E-state index contributed by atoms with van der Waals surface area (Å²) in [6.07, 6.45) is 0. The van der Waals surface area contributed by atoms with Gasteiger partial charge in [0, 0.05) is 12.1 Å². The molecule has 2 aromatic carbocycles. The molecular weight excluding hydrogens is 356 g/mol. The lowest BCUT2D eigenvalue weighted by atomic mass is 10.2. The average Bonchev–Trinajstić information content (AvgIpc) is 2.55. The molecule has 0 saturated carbocycles. The summed E-state index contributed by atoms with van der Waals surface area (Å²) in [6.45, 7) is 0. The fourth-order valence-corrected chi connectivity index (χ4v) is 1.61. The monoisotopic (exact) mass is 366 g/mol. The molecule has 136 valence electrons. The van der Waals surface area contributed by atoms with Crippen molar-refractivity contribution in [2.24, 2.45) is 0 Å². The van der Waals surface area contributed by atoms with Crippen LogP contribution in [0.1, 0.15) is 0 Å². The molecule has 2 aromatic rings. The van der Waals surface area contributed by atoms with Crippen molar-refractivity contribution in [3.63, 3.8) is 0 Å². The highest BCUT2D eigenvalue weighted by molar-refractivity contribution is 5.62. The van der Waals surface area contributed by atoms with Gasteiger partial charge >= 0.3 is 0 Å². The van der Waals surface area contributed by atoms with Gasteiger partial charge in [-0.05, 0) is 12.1 Å². The van der Waals surface area contributed by atoms with E-state index >= 15 is 0 Å². The summed E-state index contributed by atoms with van der Waals surface area (Å²) in [5.41, 5.74) is 8.69. The largest absolute Gasteiger partial charge is 0.393 e. The van der Waals surface area contributed by atoms with Crippen molar-refractivity contribution in [3.05, 3.63) is 76.9 Å². The maximum Gasteiger partial charge on any atom is 0.298 e. The van der Waals surface area contributed by atoms with Crippen LogP contribution in [-0.4, -0.2) is 19.7 Å². The van der Waals surface area contributed by atoms with Crippen molar-refractivity contribution in [1.82, 2.24) is 0 Å². The van der Waals surface area contributed by atoms with Crippen LogP contribution < -0.4 is 11.5 Å². The van der Waals surface area contributed by atoms with Crippen LogP contribution in [0.15, 0.2) is 36.4 Å². The van der Waals surface area contributed by atoms with Gasteiger partial charge in [0.2, 0.25) is 0 Å². The maximum atomic E-state index is 10.3. The van der Waals surface area contributed by atoms with Crippen LogP contribution >= 0.6 is 0 Å². The average molecular weight is 366 g/mol. The molecule has 0 radical (unpaired) electrons. The van der Waals surface area contributed by atoms with Gasteiger partial charge in [0.25, 0.3) is 22.7 Å². The smallest absolute Gasteiger partial charge is 0.298 e. The second kappa shape index (κ2) is 7.95. The highest BCUT2D eigenvalue weighted by Crippen LogP contribution is 2.26. The standard InChI is InChI=1S/2C6H5N3O4/c2*7-5-2-1-4(8(10)11)3-6(5)9(12)13/h2*1-3H,7H2. The molecule has 0 bridgehead atoms. The highest BCUT2D eigenvalue weighted by atomic mass is 16.6. The van der Waals surface area contributed by atoms with E-state index in [1.807, 2.05) is 0 Å². The molecule has 0 atom stereocenters. The molecule has 0 unspecified atom stereocenters. The van der Waals surface area contributed by atoms with Crippen LogP contribution in [-0.2, 0) is 0 Å². The molecule has 0 aromatic heterocycles. The number of nitrogen functional groups attached to an aromatic ring is 2. The third kappa shape index (κ3) is 4.82. The van der Waals surface area contributed by atoms with Gasteiger partial charge in [-0.3, -0.25) is 40.5 Å². The molecule has 0 aliphatic rings. The number of benzene rings is 2. The molecule has 0 heterocycles. The van der Waals surface area contributed by atoms with Crippen molar-refractivity contribution in [3.8, 4) is 0 Å². The molecule has 0 aliphatic carbocycles. The van der Waals surface area contributed by atoms with Crippen molar-refractivity contribution in [1.29, 1.82) is 0 Å². The lowest BCUT2D eigenvalue weighted by molar-refractivity contribution is -0.393. The Morgan fingerprint density at radius 1 is 0.577 bits per heavy atom. The number of rotatable bonds is 4. The summed E-state index contributed by atoms with van der Waals surface area (Å²) in [5, 5.41) is 41.1. The molecule has 14 nitrogen and oxygen atoms in total. The first-order chi connectivity index (χ1) is 12.0. The number of non-ortho nitro benzene ring substituents is 2. The minimum atomic E-state index is -0.762. The molecular formula is C12H10N6O8. The first-order valence-electron chi connectivity index (χ1n) is 6.41. The molecule has 0 aliphatic heterocycles. The quantitative estimate of drug-likeness (QED) is 0.455. The molecule has 2 rings (SSSR count). The Labute approximate surface area is 143 Å². The topological polar surface area (TPSA) is 225 Å².